The fourth-order valence-electron chi connectivity index (χ4n) is 2.45. The molecule has 0 unspecified atom stereocenters. The van der Waals surface area contributed by atoms with E-state index in [1.165, 1.54) is 5.56 Å². The van der Waals surface area contributed by atoms with Crippen molar-refractivity contribution in [2.75, 3.05) is 0 Å². The lowest BCUT2D eigenvalue weighted by Gasteiger charge is -2.07. The molecule has 0 aliphatic carbocycles. The molecular weight excluding hydrogens is 326 g/mol. The van der Waals surface area contributed by atoms with E-state index in [1.54, 1.807) is 0 Å². The molecule has 3 rings (SSSR count). The topological polar surface area (TPSA) is 50.4 Å². The van der Waals surface area contributed by atoms with Crippen molar-refractivity contribution >= 4 is 23.2 Å². The minimum absolute atomic E-state index is 0.383. The summed E-state index contributed by atoms with van der Waals surface area (Å²) in [6.45, 7) is 0.628. The molecule has 0 aliphatic heterocycles. The van der Waals surface area contributed by atoms with Gasteiger partial charge in [-0.05, 0) is 28.9 Å². The number of rotatable bonds is 4. The van der Waals surface area contributed by atoms with Gasteiger partial charge in [0.2, 0.25) is 0 Å². The molecular formula is C21H19N3S. The van der Waals surface area contributed by atoms with Gasteiger partial charge in [0.1, 0.15) is 5.84 Å². The van der Waals surface area contributed by atoms with Crippen LogP contribution in [0.1, 0.15) is 11.1 Å². The highest BCUT2D eigenvalue weighted by Gasteiger charge is 2.02. The molecule has 0 amide bonds. The molecule has 0 heterocycles. The third kappa shape index (κ3) is 4.75. The molecule has 0 aliphatic rings. The van der Waals surface area contributed by atoms with Crippen LogP contribution in [-0.2, 0) is 6.54 Å². The number of nitrogens with two attached hydrogens (primary N) is 1. The highest BCUT2D eigenvalue weighted by Crippen LogP contribution is 2.19. The summed E-state index contributed by atoms with van der Waals surface area (Å²) in [6, 6.07) is 28.2. The van der Waals surface area contributed by atoms with Crippen molar-refractivity contribution in [3.63, 3.8) is 0 Å². The van der Waals surface area contributed by atoms with Crippen LogP contribution in [0.4, 0.5) is 0 Å². The van der Waals surface area contributed by atoms with Crippen LogP contribution >= 0.6 is 12.2 Å². The van der Waals surface area contributed by atoms with E-state index in [1.807, 2.05) is 72.8 Å². The van der Waals surface area contributed by atoms with E-state index >= 15 is 0 Å². The normalized spacial score (nSPS) is 11.1. The van der Waals surface area contributed by atoms with Gasteiger partial charge in [0.25, 0.3) is 0 Å². The predicted octanol–water partition coefficient (Wildman–Crippen LogP) is 4.13. The van der Waals surface area contributed by atoms with Gasteiger partial charge >= 0.3 is 0 Å². The molecule has 0 fully saturated rings. The van der Waals surface area contributed by atoms with Crippen molar-refractivity contribution in [1.82, 2.24) is 5.32 Å². The molecule has 3 aromatic carbocycles. The molecule has 25 heavy (non-hydrogen) atoms. The second-order valence-corrected chi connectivity index (χ2v) is 5.97. The van der Waals surface area contributed by atoms with E-state index in [0.29, 0.717) is 17.5 Å². The zero-order chi connectivity index (χ0) is 17.5. The number of aliphatic imine (C=N–C) groups is 1. The van der Waals surface area contributed by atoms with Crippen molar-refractivity contribution in [2.45, 2.75) is 6.54 Å². The Morgan fingerprint density at radius 3 is 2.00 bits per heavy atom. The molecule has 124 valence electrons. The first-order valence-corrected chi connectivity index (χ1v) is 8.45. The third-order valence-electron chi connectivity index (χ3n) is 3.80. The molecule has 0 spiro atoms. The Hall–Kier alpha value is -2.98. The van der Waals surface area contributed by atoms with E-state index in [0.717, 1.165) is 16.7 Å². The quantitative estimate of drug-likeness (QED) is 0.425. The first-order valence-electron chi connectivity index (χ1n) is 8.04. The molecule has 0 bridgehead atoms. The van der Waals surface area contributed by atoms with Crippen molar-refractivity contribution in [1.29, 1.82) is 0 Å². The number of hydrogen-bond donors (Lipinski definition) is 2. The molecule has 4 heteroatoms. The summed E-state index contributed by atoms with van der Waals surface area (Å²) in [6.07, 6.45) is 0. The first kappa shape index (κ1) is 16.9. The second kappa shape index (κ2) is 8.22. The van der Waals surface area contributed by atoms with E-state index < -0.39 is 0 Å². The van der Waals surface area contributed by atoms with Gasteiger partial charge in [-0.2, -0.15) is 0 Å². The Kier molecular flexibility index (Phi) is 5.54. The lowest BCUT2D eigenvalue weighted by Crippen LogP contribution is -2.23. The average molecular weight is 345 g/mol. The van der Waals surface area contributed by atoms with Crippen LogP contribution in [0.5, 0.6) is 0 Å². The van der Waals surface area contributed by atoms with Crippen LogP contribution in [0.25, 0.3) is 11.1 Å². The molecule has 3 N–H and O–H groups in total. The Bertz CT molecular complexity index is 857. The van der Waals surface area contributed by atoms with Gasteiger partial charge in [-0.15, -0.1) is 0 Å². The summed E-state index contributed by atoms with van der Waals surface area (Å²) < 4.78 is 0. The van der Waals surface area contributed by atoms with Crippen LogP contribution in [0, 0.1) is 0 Å². The maximum atomic E-state index is 6.08. The predicted molar refractivity (Wildman–Crippen MR) is 108 cm³/mol. The standard InChI is InChI=1S/C21H19N3S/c22-20(24-21(25)23-15-16-7-3-1-4-8-16)19-13-11-18(12-14-19)17-9-5-2-6-10-17/h1-14H,15H2,(H3,22,23,24,25). The van der Waals surface area contributed by atoms with Crippen molar-refractivity contribution in [2.24, 2.45) is 10.7 Å². The fraction of sp³-hybridized carbons (Fsp3) is 0.0476. The fourth-order valence-corrected chi connectivity index (χ4v) is 2.62. The monoisotopic (exact) mass is 345 g/mol. The third-order valence-corrected chi connectivity index (χ3v) is 4.03. The minimum atomic E-state index is 0.383. The van der Waals surface area contributed by atoms with E-state index in [-0.39, 0.29) is 0 Å². The van der Waals surface area contributed by atoms with Crippen LogP contribution < -0.4 is 11.1 Å². The molecule has 0 radical (unpaired) electrons. The van der Waals surface area contributed by atoms with Crippen molar-refractivity contribution < 1.29 is 0 Å². The molecule has 0 atom stereocenters. The van der Waals surface area contributed by atoms with Crippen molar-refractivity contribution in [3.8, 4) is 11.1 Å². The van der Waals surface area contributed by atoms with Gasteiger partial charge in [-0.1, -0.05) is 84.9 Å². The maximum absolute atomic E-state index is 6.08. The molecule has 0 saturated carbocycles. The van der Waals surface area contributed by atoms with Gasteiger partial charge in [-0.3, -0.25) is 0 Å². The summed E-state index contributed by atoms with van der Waals surface area (Å²) >= 11 is 5.25. The Balaban J connectivity index is 1.64. The second-order valence-electron chi connectivity index (χ2n) is 5.58. The molecule has 3 aromatic rings. The zero-order valence-corrected chi connectivity index (χ0v) is 14.5. The lowest BCUT2D eigenvalue weighted by atomic mass is 10.0. The van der Waals surface area contributed by atoms with Crippen molar-refractivity contribution in [3.05, 3.63) is 96.1 Å². The van der Waals surface area contributed by atoms with Gasteiger partial charge < -0.3 is 11.1 Å². The van der Waals surface area contributed by atoms with Gasteiger partial charge in [0.05, 0.1) is 0 Å². The number of amidine groups is 1. The summed E-state index contributed by atoms with van der Waals surface area (Å²) in [7, 11) is 0. The number of hydrogen-bond acceptors (Lipinski definition) is 1. The molecule has 3 nitrogen and oxygen atoms in total. The van der Waals surface area contributed by atoms with Gasteiger partial charge in [0.15, 0.2) is 5.11 Å². The van der Waals surface area contributed by atoms with Crippen LogP contribution in [0.15, 0.2) is 89.9 Å². The largest absolute Gasteiger partial charge is 0.383 e. The summed E-state index contributed by atoms with van der Waals surface area (Å²) in [5.41, 5.74) is 10.4. The zero-order valence-electron chi connectivity index (χ0n) is 13.7. The lowest BCUT2D eigenvalue weighted by molar-refractivity contribution is 0.920. The number of nitrogens with one attached hydrogen (secondary N) is 1. The van der Waals surface area contributed by atoms with Gasteiger partial charge in [0, 0.05) is 12.1 Å². The summed E-state index contributed by atoms with van der Waals surface area (Å²) in [5, 5.41) is 3.48. The summed E-state index contributed by atoms with van der Waals surface area (Å²) in [5.74, 6) is 0.408. The van der Waals surface area contributed by atoms with Crippen LogP contribution in [-0.4, -0.2) is 10.9 Å². The highest BCUT2D eigenvalue weighted by atomic mass is 32.1. The summed E-state index contributed by atoms with van der Waals surface area (Å²) in [4.78, 5) is 4.28. The van der Waals surface area contributed by atoms with E-state index in [2.05, 4.69) is 22.4 Å². The number of benzene rings is 3. The van der Waals surface area contributed by atoms with Crippen LogP contribution in [0.3, 0.4) is 0 Å². The van der Waals surface area contributed by atoms with Crippen LogP contribution in [0.2, 0.25) is 0 Å². The molecule has 0 aromatic heterocycles. The maximum Gasteiger partial charge on any atom is 0.194 e. The Morgan fingerprint density at radius 1 is 0.800 bits per heavy atom. The van der Waals surface area contributed by atoms with E-state index in [9.17, 15) is 0 Å². The minimum Gasteiger partial charge on any atom is -0.383 e. The van der Waals surface area contributed by atoms with Gasteiger partial charge in [-0.25, -0.2) is 4.99 Å². The Morgan fingerprint density at radius 2 is 1.36 bits per heavy atom. The average Bonchev–Trinajstić information content (AvgIpc) is 2.68. The van der Waals surface area contributed by atoms with E-state index in [4.69, 9.17) is 18.0 Å². The SMILES string of the molecule is N/C(=N\C(=S)NCc1ccccc1)c1ccc(-c2ccccc2)cc1. The first-order chi connectivity index (χ1) is 12.2. The smallest absolute Gasteiger partial charge is 0.194 e. The number of thiocarbonyl (C=S) groups is 1. The molecule has 0 saturated heterocycles. The highest BCUT2D eigenvalue weighted by molar-refractivity contribution is 7.80. The Labute approximate surface area is 153 Å². The number of nitrogens with zero attached hydrogens (tertiary/aromatic N) is 1.